The molecule has 0 N–H and O–H groups in total. The third kappa shape index (κ3) is 5.03. The van der Waals surface area contributed by atoms with Gasteiger partial charge in [0.1, 0.15) is 0 Å². The van der Waals surface area contributed by atoms with E-state index >= 15 is 0 Å². The standard InChI is InChI=1S/C11H10F14O/c1-5(7(15,9(17,18)19)10(20,21)22)8(16,11(23,24)25)26-4-2-3-6(12,13)14/h5H,2-4H2,1H3. The molecule has 26 heavy (non-hydrogen) atoms. The van der Waals surface area contributed by atoms with Crippen LogP contribution < -0.4 is 0 Å². The minimum absolute atomic E-state index is 0.696. The molecule has 0 saturated heterocycles. The summed E-state index contributed by atoms with van der Waals surface area (Å²) in [6, 6.07) is 0. The van der Waals surface area contributed by atoms with Crippen LogP contribution in [-0.4, -0.2) is 42.8 Å². The van der Waals surface area contributed by atoms with Crippen LogP contribution in [0.3, 0.4) is 0 Å². The predicted octanol–water partition coefficient (Wildman–Crippen LogP) is 6.04. The molecule has 0 rings (SSSR count). The lowest BCUT2D eigenvalue weighted by atomic mass is 9.82. The number of ether oxygens (including phenoxy) is 1. The highest BCUT2D eigenvalue weighted by atomic mass is 19.4. The second-order valence-electron chi connectivity index (χ2n) is 5.14. The normalized spacial score (nSPS) is 18.6. The van der Waals surface area contributed by atoms with Gasteiger partial charge in [0, 0.05) is 6.42 Å². The summed E-state index contributed by atoms with van der Waals surface area (Å²) < 4.78 is 179. The van der Waals surface area contributed by atoms with E-state index in [0.29, 0.717) is 0 Å². The molecule has 0 heterocycles. The van der Waals surface area contributed by atoms with Crippen LogP contribution in [0, 0.1) is 5.92 Å². The molecular formula is C11H10F14O. The van der Waals surface area contributed by atoms with Crippen molar-refractivity contribution in [1.82, 2.24) is 0 Å². The summed E-state index contributed by atoms with van der Waals surface area (Å²) in [7, 11) is 0. The minimum Gasteiger partial charge on any atom is -0.339 e. The summed E-state index contributed by atoms with van der Waals surface area (Å²) in [6.45, 7) is -2.57. The maximum Gasteiger partial charge on any atom is 0.448 e. The average Bonchev–Trinajstić information content (AvgIpc) is 2.36. The third-order valence-electron chi connectivity index (χ3n) is 3.28. The van der Waals surface area contributed by atoms with Crippen LogP contribution in [0.5, 0.6) is 0 Å². The highest BCUT2D eigenvalue weighted by Gasteiger charge is 2.82. The molecule has 0 amide bonds. The SMILES string of the molecule is CC(C(F)(OCCCC(F)(F)F)C(F)(F)F)C(F)(C(F)(F)F)C(F)(F)F. The molecule has 0 bridgehead atoms. The minimum atomic E-state index is -7.03. The van der Waals surface area contributed by atoms with E-state index in [1.54, 1.807) is 0 Å². The summed E-state index contributed by atoms with van der Waals surface area (Å²) >= 11 is 0. The van der Waals surface area contributed by atoms with Crippen molar-refractivity contribution in [2.75, 3.05) is 6.61 Å². The zero-order chi connectivity index (χ0) is 21.4. The molecule has 0 aliphatic heterocycles. The van der Waals surface area contributed by atoms with Gasteiger partial charge in [0.2, 0.25) is 0 Å². The Kier molecular flexibility index (Phi) is 6.90. The van der Waals surface area contributed by atoms with Crippen LogP contribution in [-0.2, 0) is 4.74 Å². The molecule has 0 aromatic heterocycles. The Balaban J connectivity index is 5.85. The Morgan fingerprint density at radius 1 is 0.654 bits per heavy atom. The van der Waals surface area contributed by atoms with Crippen LogP contribution in [0.2, 0.25) is 0 Å². The maximum atomic E-state index is 14.0. The first-order valence-electron chi connectivity index (χ1n) is 6.40. The summed E-state index contributed by atoms with van der Waals surface area (Å²) in [5.41, 5.74) is -6.69. The molecule has 0 aliphatic rings. The molecule has 0 aliphatic carbocycles. The molecule has 0 aromatic rings. The van der Waals surface area contributed by atoms with Gasteiger partial charge >= 0.3 is 36.2 Å². The van der Waals surface area contributed by atoms with E-state index in [2.05, 4.69) is 4.74 Å². The fourth-order valence-corrected chi connectivity index (χ4v) is 1.85. The molecule has 2 atom stereocenters. The van der Waals surface area contributed by atoms with E-state index in [1.807, 2.05) is 0 Å². The lowest BCUT2D eigenvalue weighted by Gasteiger charge is -2.42. The number of alkyl halides is 14. The first-order chi connectivity index (χ1) is 11.1. The van der Waals surface area contributed by atoms with E-state index in [-0.39, 0.29) is 0 Å². The fourth-order valence-electron chi connectivity index (χ4n) is 1.85. The highest BCUT2D eigenvalue weighted by Crippen LogP contribution is 2.57. The number of hydrogen-bond acceptors (Lipinski definition) is 1. The lowest BCUT2D eigenvalue weighted by molar-refractivity contribution is -0.418. The van der Waals surface area contributed by atoms with E-state index < -0.39 is 68.5 Å². The Morgan fingerprint density at radius 3 is 1.31 bits per heavy atom. The van der Waals surface area contributed by atoms with Crippen molar-refractivity contribution >= 4 is 0 Å². The van der Waals surface area contributed by atoms with Crippen molar-refractivity contribution in [3.8, 4) is 0 Å². The Hall–Kier alpha value is -1.02. The summed E-state index contributed by atoms with van der Waals surface area (Å²) in [5.74, 6) is -10.4. The van der Waals surface area contributed by atoms with Gasteiger partial charge in [-0.1, -0.05) is 6.92 Å². The highest BCUT2D eigenvalue weighted by molar-refractivity contribution is 5.05. The van der Waals surface area contributed by atoms with Crippen molar-refractivity contribution in [2.45, 2.75) is 56.0 Å². The van der Waals surface area contributed by atoms with E-state index in [1.165, 1.54) is 0 Å². The summed E-state index contributed by atoms with van der Waals surface area (Å²) in [6.07, 6.45) is -28.9. The van der Waals surface area contributed by atoms with Gasteiger partial charge in [-0.05, 0) is 6.42 Å². The van der Waals surface area contributed by atoms with Gasteiger partial charge in [-0.25, -0.2) is 8.78 Å². The number of hydrogen-bond donors (Lipinski definition) is 0. The second kappa shape index (κ2) is 7.19. The molecule has 15 heteroatoms. The van der Waals surface area contributed by atoms with Crippen LogP contribution >= 0.6 is 0 Å². The second-order valence-corrected chi connectivity index (χ2v) is 5.14. The van der Waals surface area contributed by atoms with Crippen molar-refractivity contribution in [3.05, 3.63) is 0 Å². The first kappa shape index (κ1) is 25.0. The zero-order valence-corrected chi connectivity index (χ0v) is 12.4. The topological polar surface area (TPSA) is 9.23 Å². The Labute approximate surface area is 136 Å². The van der Waals surface area contributed by atoms with Gasteiger partial charge in [0.05, 0.1) is 12.5 Å². The van der Waals surface area contributed by atoms with Crippen LogP contribution in [0.4, 0.5) is 61.5 Å². The van der Waals surface area contributed by atoms with Gasteiger partial charge in [0.25, 0.3) is 0 Å². The predicted molar refractivity (Wildman–Crippen MR) is 56.2 cm³/mol. The lowest BCUT2D eigenvalue weighted by Crippen LogP contribution is -2.66. The van der Waals surface area contributed by atoms with E-state index in [9.17, 15) is 61.5 Å². The zero-order valence-electron chi connectivity index (χ0n) is 12.4. The fraction of sp³-hybridized carbons (Fsp3) is 1.00. The Bertz CT molecular complexity index is 443. The third-order valence-corrected chi connectivity index (χ3v) is 3.28. The van der Waals surface area contributed by atoms with E-state index in [4.69, 9.17) is 0 Å². The first-order valence-corrected chi connectivity index (χ1v) is 6.40. The quantitative estimate of drug-likeness (QED) is 0.373. The summed E-state index contributed by atoms with van der Waals surface area (Å²) in [4.78, 5) is 0. The molecule has 1 nitrogen and oxygen atoms in total. The number of rotatable bonds is 6. The molecule has 0 spiro atoms. The Morgan fingerprint density at radius 2 is 1.04 bits per heavy atom. The van der Waals surface area contributed by atoms with Crippen LogP contribution in [0.15, 0.2) is 0 Å². The smallest absolute Gasteiger partial charge is 0.339 e. The average molecular weight is 424 g/mol. The van der Waals surface area contributed by atoms with E-state index in [0.717, 1.165) is 0 Å². The van der Waals surface area contributed by atoms with Gasteiger partial charge in [0.15, 0.2) is 0 Å². The molecule has 0 radical (unpaired) electrons. The van der Waals surface area contributed by atoms with Gasteiger partial charge in [-0.15, -0.1) is 0 Å². The largest absolute Gasteiger partial charge is 0.448 e. The molecule has 0 aromatic carbocycles. The van der Waals surface area contributed by atoms with Crippen molar-refractivity contribution in [3.63, 3.8) is 0 Å². The molecule has 2 unspecified atom stereocenters. The molecule has 158 valence electrons. The van der Waals surface area contributed by atoms with Gasteiger partial charge in [-0.2, -0.15) is 52.7 Å². The van der Waals surface area contributed by atoms with Crippen molar-refractivity contribution in [2.24, 2.45) is 5.92 Å². The van der Waals surface area contributed by atoms with Crippen LogP contribution in [0.1, 0.15) is 19.8 Å². The van der Waals surface area contributed by atoms with Gasteiger partial charge < -0.3 is 4.74 Å². The number of halogens is 14. The van der Waals surface area contributed by atoms with Crippen molar-refractivity contribution in [1.29, 1.82) is 0 Å². The molecule has 0 saturated carbocycles. The summed E-state index contributed by atoms with van der Waals surface area (Å²) in [5, 5.41) is 0. The molecule has 0 fully saturated rings. The maximum absolute atomic E-state index is 14.0. The van der Waals surface area contributed by atoms with Gasteiger partial charge in [-0.3, -0.25) is 0 Å². The van der Waals surface area contributed by atoms with Crippen molar-refractivity contribution < 1.29 is 66.2 Å². The molecular weight excluding hydrogens is 414 g/mol. The monoisotopic (exact) mass is 424 g/mol. The van der Waals surface area contributed by atoms with Crippen LogP contribution in [0.25, 0.3) is 0 Å².